The number of rotatable bonds is 2. The number of phenolic OH excluding ortho intramolecular Hbond substituents is 1. The maximum atomic E-state index is 14.5. The highest BCUT2D eigenvalue weighted by molar-refractivity contribution is 6.35. The highest BCUT2D eigenvalue weighted by Crippen LogP contribution is 2.37. The number of halogens is 2. The zero-order valence-electron chi connectivity index (χ0n) is 14.3. The molecule has 0 fully saturated rings. The van der Waals surface area contributed by atoms with Crippen LogP contribution in [0.3, 0.4) is 0 Å². The smallest absolute Gasteiger partial charge is 0.193 e. The number of pyridine rings is 2. The molecule has 4 rings (SSSR count). The van der Waals surface area contributed by atoms with Crippen LogP contribution in [0.5, 0.6) is 5.75 Å². The van der Waals surface area contributed by atoms with Gasteiger partial charge in [0.1, 0.15) is 5.52 Å². The van der Waals surface area contributed by atoms with Crippen LogP contribution in [0, 0.1) is 5.82 Å². The lowest BCUT2D eigenvalue weighted by molar-refractivity contribution is 0.437. The number of hydrogen-bond donors (Lipinski definition) is 1. The molecule has 0 aliphatic rings. The van der Waals surface area contributed by atoms with Gasteiger partial charge in [-0.15, -0.1) is 0 Å². The number of aryl methyl sites for hydroxylation is 1. The van der Waals surface area contributed by atoms with Gasteiger partial charge in [0.2, 0.25) is 0 Å². The van der Waals surface area contributed by atoms with Gasteiger partial charge in [0, 0.05) is 43.7 Å². The summed E-state index contributed by atoms with van der Waals surface area (Å²) in [6.07, 6.45) is 3.35. The summed E-state index contributed by atoms with van der Waals surface area (Å²) in [5.41, 5.74) is 2.00. The summed E-state index contributed by atoms with van der Waals surface area (Å²) in [6, 6.07) is 5.12. The molecule has 4 aromatic rings. The van der Waals surface area contributed by atoms with E-state index in [0.29, 0.717) is 27.1 Å². The molecule has 0 aliphatic heterocycles. The van der Waals surface area contributed by atoms with Crippen molar-refractivity contribution in [3.63, 3.8) is 0 Å². The Labute approximate surface area is 153 Å². The molecular weight excluding hydrogens is 357 g/mol. The molecule has 0 amide bonds. The SMILES string of the molecule is CN(C)c1cnc2nc(-c3cc4cn(C)nc4c(F)c3O)cc(Cl)c2c1. The number of fused-ring (bicyclic) bond motifs is 2. The van der Waals surface area contributed by atoms with Gasteiger partial charge < -0.3 is 10.0 Å². The van der Waals surface area contributed by atoms with E-state index in [1.165, 1.54) is 4.68 Å². The minimum absolute atomic E-state index is 0.106. The average Bonchev–Trinajstić information content (AvgIpc) is 2.98. The Kier molecular flexibility index (Phi) is 3.69. The number of nitrogens with zero attached hydrogens (tertiary/aromatic N) is 5. The second kappa shape index (κ2) is 5.81. The van der Waals surface area contributed by atoms with E-state index in [1.807, 2.05) is 25.1 Å². The highest BCUT2D eigenvalue weighted by atomic mass is 35.5. The van der Waals surface area contributed by atoms with Gasteiger partial charge in [-0.25, -0.2) is 14.4 Å². The monoisotopic (exact) mass is 371 g/mol. The van der Waals surface area contributed by atoms with Gasteiger partial charge in [-0.3, -0.25) is 4.68 Å². The molecule has 0 unspecified atom stereocenters. The van der Waals surface area contributed by atoms with E-state index in [2.05, 4.69) is 15.1 Å². The van der Waals surface area contributed by atoms with Crippen LogP contribution in [0.4, 0.5) is 10.1 Å². The molecule has 26 heavy (non-hydrogen) atoms. The highest BCUT2D eigenvalue weighted by Gasteiger charge is 2.19. The molecule has 0 saturated heterocycles. The zero-order valence-corrected chi connectivity index (χ0v) is 15.1. The van der Waals surface area contributed by atoms with Crippen molar-refractivity contribution in [2.45, 2.75) is 0 Å². The molecule has 0 spiro atoms. The first-order valence-electron chi connectivity index (χ1n) is 7.84. The first kappa shape index (κ1) is 16.5. The summed E-state index contributed by atoms with van der Waals surface area (Å²) in [4.78, 5) is 10.7. The summed E-state index contributed by atoms with van der Waals surface area (Å²) in [5, 5.41) is 16.0. The van der Waals surface area contributed by atoms with Crippen LogP contribution in [-0.2, 0) is 7.05 Å². The predicted molar refractivity (Wildman–Crippen MR) is 100 cm³/mol. The summed E-state index contributed by atoms with van der Waals surface area (Å²) < 4.78 is 16.0. The van der Waals surface area contributed by atoms with Crippen molar-refractivity contribution < 1.29 is 9.50 Å². The summed E-state index contributed by atoms with van der Waals surface area (Å²) in [5.74, 6) is -1.30. The fraction of sp³-hybridized carbons (Fsp3) is 0.167. The van der Waals surface area contributed by atoms with E-state index in [4.69, 9.17) is 11.6 Å². The molecule has 0 aliphatic carbocycles. The average molecular weight is 372 g/mol. The van der Waals surface area contributed by atoms with Crippen LogP contribution in [0.2, 0.25) is 5.02 Å². The van der Waals surface area contributed by atoms with Gasteiger partial charge in [0.15, 0.2) is 17.2 Å². The Bertz CT molecular complexity index is 1170. The molecule has 0 atom stereocenters. The Morgan fingerprint density at radius 3 is 2.73 bits per heavy atom. The van der Waals surface area contributed by atoms with E-state index in [9.17, 15) is 9.50 Å². The molecule has 0 radical (unpaired) electrons. The van der Waals surface area contributed by atoms with Crippen molar-refractivity contribution >= 4 is 39.2 Å². The third kappa shape index (κ3) is 2.52. The van der Waals surface area contributed by atoms with Crippen LogP contribution in [0.1, 0.15) is 0 Å². The maximum Gasteiger partial charge on any atom is 0.193 e. The van der Waals surface area contributed by atoms with E-state index in [0.717, 1.165) is 5.69 Å². The van der Waals surface area contributed by atoms with Crippen LogP contribution < -0.4 is 4.90 Å². The third-order valence-corrected chi connectivity index (χ3v) is 4.53. The molecule has 3 heterocycles. The summed E-state index contributed by atoms with van der Waals surface area (Å²) >= 11 is 6.41. The topological polar surface area (TPSA) is 67.1 Å². The minimum atomic E-state index is -0.785. The lowest BCUT2D eigenvalue weighted by Crippen LogP contribution is -2.08. The van der Waals surface area contributed by atoms with Gasteiger partial charge in [0.05, 0.1) is 22.6 Å². The van der Waals surface area contributed by atoms with Crippen LogP contribution in [0.15, 0.2) is 30.6 Å². The maximum absolute atomic E-state index is 14.5. The van der Waals surface area contributed by atoms with E-state index >= 15 is 0 Å². The minimum Gasteiger partial charge on any atom is -0.504 e. The molecular formula is C18H15ClFN5O. The second-order valence-electron chi connectivity index (χ2n) is 6.28. The number of hydrogen-bond acceptors (Lipinski definition) is 5. The predicted octanol–water partition coefficient (Wildman–Crippen LogP) is 3.75. The Hall–Kier alpha value is -2.93. The molecule has 1 aromatic carbocycles. The van der Waals surface area contributed by atoms with Crippen molar-refractivity contribution in [1.29, 1.82) is 0 Å². The molecule has 3 aromatic heterocycles. The zero-order chi connectivity index (χ0) is 18.6. The fourth-order valence-corrected chi connectivity index (χ4v) is 3.11. The number of phenols is 1. The lowest BCUT2D eigenvalue weighted by atomic mass is 10.1. The van der Waals surface area contributed by atoms with Gasteiger partial charge in [0.25, 0.3) is 0 Å². The molecule has 0 bridgehead atoms. The van der Waals surface area contributed by atoms with Crippen molar-refractivity contribution in [2.24, 2.45) is 7.05 Å². The molecule has 8 heteroatoms. The van der Waals surface area contributed by atoms with E-state index < -0.39 is 11.6 Å². The number of aromatic nitrogens is 4. The largest absolute Gasteiger partial charge is 0.504 e. The number of anilines is 1. The molecule has 0 saturated carbocycles. The summed E-state index contributed by atoms with van der Waals surface area (Å²) in [7, 11) is 5.50. The molecule has 132 valence electrons. The van der Waals surface area contributed by atoms with Gasteiger partial charge in [-0.1, -0.05) is 11.6 Å². The second-order valence-corrected chi connectivity index (χ2v) is 6.68. The van der Waals surface area contributed by atoms with E-state index in [1.54, 1.807) is 31.6 Å². The van der Waals surface area contributed by atoms with Crippen molar-refractivity contribution in [3.05, 3.63) is 41.4 Å². The van der Waals surface area contributed by atoms with E-state index in [-0.39, 0.29) is 11.1 Å². The fourth-order valence-electron chi connectivity index (χ4n) is 2.87. The van der Waals surface area contributed by atoms with Crippen molar-refractivity contribution in [3.8, 4) is 17.0 Å². The van der Waals surface area contributed by atoms with Crippen molar-refractivity contribution in [1.82, 2.24) is 19.7 Å². The third-order valence-electron chi connectivity index (χ3n) is 4.22. The van der Waals surface area contributed by atoms with Gasteiger partial charge in [-0.2, -0.15) is 5.10 Å². The quantitative estimate of drug-likeness (QED) is 0.581. The first-order chi connectivity index (χ1) is 12.3. The molecule has 1 N–H and O–H groups in total. The number of aromatic hydroxyl groups is 1. The van der Waals surface area contributed by atoms with Crippen LogP contribution >= 0.6 is 11.6 Å². The lowest BCUT2D eigenvalue weighted by Gasteiger charge is -2.13. The molecule has 6 nitrogen and oxygen atoms in total. The van der Waals surface area contributed by atoms with Crippen LogP contribution in [0.25, 0.3) is 33.2 Å². The Morgan fingerprint density at radius 1 is 1.23 bits per heavy atom. The number of benzene rings is 1. The standard InChI is InChI=1S/C18H15ClFN5O/c1-24(2)10-5-11-13(19)6-14(22-18(11)21-7-10)12-4-9-8-25(3)23-16(9)15(20)17(12)26/h4-8,26H,1-3H3. The Morgan fingerprint density at radius 2 is 2.00 bits per heavy atom. The normalized spacial score (nSPS) is 11.4. The summed E-state index contributed by atoms with van der Waals surface area (Å²) in [6.45, 7) is 0. The van der Waals surface area contributed by atoms with Crippen LogP contribution in [-0.4, -0.2) is 39.0 Å². The first-order valence-corrected chi connectivity index (χ1v) is 8.22. The van der Waals surface area contributed by atoms with Gasteiger partial charge in [-0.05, 0) is 18.2 Å². The van der Waals surface area contributed by atoms with Gasteiger partial charge >= 0.3 is 0 Å². The van der Waals surface area contributed by atoms with Crippen molar-refractivity contribution in [2.75, 3.05) is 19.0 Å². The Balaban J connectivity index is 1.96.